The number of carbonyl (C=O) groups excluding carboxylic acids is 1. The Morgan fingerprint density at radius 2 is 1.64 bits per heavy atom. The highest BCUT2D eigenvalue weighted by Gasteiger charge is 2.06. The van der Waals surface area contributed by atoms with Gasteiger partial charge in [-0.15, -0.1) is 0 Å². The Labute approximate surface area is 150 Å². The number of anilines is 1. The largest absolute Gasteiger partial charge is 0.494 e. The van der Waals surface area contributed by atoms with Crippen molar-refractivity contribution < 1.29 is 14.3 Å². The minimum atomic E-state index is -0.177. The van der Waals surface area contributed by atoms with Gasteiger partial charge in [-0.1, -0.05) is 31.5 Å². The van der Waals surface area contributed by atoms with Gasteiger partial charge in [-0.25, -0.2) is 0 Å². The van der Waals surface area contributed by atoms with E-state index in [0.29, 0.717) is 18.3 Å². The molecular weight excluding hydrogens is 314 g/mol. The second kappa shape index (κ2) is 9.11. The maximum Gasteiger partial charge on any atom is 0.262 e. The van der Waals surface area contributed by atoms with E-state index in [1.165, 1.54) is 5.56 Å². The Balaban J connectivity index is 1.79. The van der Waals surface area contributed by atoms with Gasteiger partial charge < -0.3 is 14.8 Å². The van der Waals surface area contributed by atoms with Crippen LogP contribution < -0.4 is 14.8 Å². The topological polar surface area (TPSA) is 47.6 Å². The molecule has 134 valence electrons. The third kappa shape index (κ3) is 6.49. The third-order valence-corrected chi connectivity index (χ3v) is 3.81. The SMILES string of the molecule is Cc1ccc(NC(=O)COc2ccc(OCCC(C)C)cc2)c(C)c1. The fourth-order valence-electron chi connectivity index (χ4n) is 2.33. The van der Waals surface area contributed by atoms with E-state index in [2.05, 4.69) is 19.2 Å². The summed E-state index contributed by atoms with van der Waals surface area (Å²) in [5, 5.41) is 2.87. The monoisotopic (exact) mass is 341 g/mol. The highest BCUT2D eigenvalue weighted by atomic mass is 16.5. The average molecular weight is 341 g/mol. The van der Waals surface area contributed by atoms with Crippen molar-refractivity contribution >= 4 is 11.6 Å². The van der Waals surface area contributed by atoms with Gasteiger partial charge in [0.15, 0.2) is 6.61 Å². The number of hydrogen-bond acceptors (Lipinski definition) is 3. The van der Waals surface area contributed by atoms with Crippen molar-refractivity contribution in [1.29, 1.82) is 0 Å². The first-order chi connectivity index (χ1) is 11.9. The van der Waals surface area contributed by atoms with Gasteiger partial charge in [-0.2, -0.15) is 0 Å². The third-order valence-electron chi connectivity index (χ3n) is 3.81. The van der Waals surface area contributed by atoms with Gasteiger partial charge in [0.05, 0.1) is 6.61 Å². The van der Waals surface area contributed by atoms with Gasteiger partial charge in [0.1, 0.15) is 11.5 Å². The van der Waals surface area contributed by atoms with Crippen LogP contribution in [0.5, 0.6) is 11.5 Å². The molecule has 0 aliphatic rings. The van der Waals surface area contributed by atoms with Crippen LogP contribution in [0.2, 0.25) is 0 Å². The fraction of sp³-hybridized carbons (Fsp3) is 0.381. The summed E-state index contributed by atoms with van der Waals surface area (Å²) in [6.45, 7) is 9.02. The molecule has 2 aromatic rings. The Hall–Kier alpha value is -2.49. The first kappa shape index (κ1) is 18.8. The summed E-state index contributed by atoms with van der Waals surface area (Å²) >= 11 is 0. The minimum absolute atomic E-state index is 0.0269. The molecule has 0 heterocycles. The first-order valence-corrected chi connectivity index (χ1v) is 8.67. The molecule has 0 saturated carbocycles. The fourth-order valence-corrected chi connectivity index (χ4v) is 2.33. The van der Waals surface area contributed by atoms with Gasteiger partial charge in [0.2, 0.25) is 0 Å². The summed E-state index contributed by atoms with van der Waals surface area (Å²) in [6.07, 6.45) is 1.02. The lowest BCUT2D eigenvalue weighted by atomic mass is 10.1. The van der Waals surface area contributed by atoms with Crippen molar-refractivity contribution in [2.24, 2.45) is 5.92 Å². The smallest absolute Gasteiger partial charge is 0.262 e. The lowest BCUT2D eigenvalue weighted by Crippen LogP contribution is -2.20. The molecule has 0 aliphatic carbocycles. The van der Waals surface area contributed by atoms with E-state index in [9.17, 15) is 4.79 Å². The molecule has 1 amide bonds. The van der Waals surface area contributed by atoms with Crippen LogP contribution in [0.25, 0.3) is 0 Å². The zero-order valence-electron chi connectivity index (χ0n) is 15.5. The molecule has 25 heavy (non-hydrogen) atoms. The van der Waals surface area contributed by atoms with E-state index in [1.54, 1.807) is 0 Å². The van der Waals surface area contributed by atoms with E-state index >= 15 is 0 Å². The summed E-state index contributed by atoms with van der Waals surface area (Å²) in [7, 11) is 0. The normalized spacial score (nSPS) is 10.6. The van der Waals surface area contributed by atoms with Crippen LogP contribution in [0, 0.1) is 19.8 Å². The lowest BCUT2D eigenvalue weighted by molar-refractivity contribution is -0.118. The number of ether oxygens (including phenoxy) is 2. The van der Waals surface area contributed by atoms with E-state index in [1.807, 2.05) is 56.3 Å². The second-order valence-electron chi connectivity index (χ2n) is 6.66. The van der Waals surface area contributed by atoms with Crippen LogP contribution in [-0.2, 0) is 4.79 Å². The molecule has 0 radical (unpaired) electrons. The maximum atomic E-state index is 12.0. The van der Waals surface area contributed by atoms with Crippen molar-refractivity contribution in [3.63, 3.8) is 0 Å². The molecule has 0 saturated heterocycles. The molecule has 0 bridgehead atoms. The maximum absolute atomic E-state index is 12.0. The van der Waals surface area contributed by atoms with E-state index < -0.39 is 0 Å². The van der Waals surface area contributed by atoms with Crippen molar-refractivity contribution in [1.82, 2.24) is 0 Å². The standard InChI is InChI=1S/C21H27NO3/c1-15(2)11-12-24-18-6-8-19(9-7-18)25-14-21(23)22-20-10-5-16(3)13-17(20)4/h5-10,13,15H,11-12,14H2,1-4H3,(H,22,23). The zero-order chi connectivity index (χ0) is 18.2. The van der Waals surface area contributed by atoms with E-state index in [4.69, 9.17) is 9.47 Å². The van der Waals surface area contributed by atoms with Crippen LogP contribution in [0.1, 0.15) is 31.4 Å². The Morgan fingerprint density at radius 3 is 2.24 bits per heavy atom. The number of benzene rings is 2. The molecule has 0 aromatic heterocycles. The Bertz CT molecular complexity index is 693. The number of amides is 1. The molecule has 4 nitrogen and oxygen atoms in total. The molecule has 0 fully saturated rings. The number of nitrogens with one attached hydrogen (secondary N) is 1. The predicted octanol–water partition coefficient (Wildman–Crippen LogP) is 4.75. The van der Waals surface area contributed by atoms with Gasteiger partial charge >= 0.3 is 0 Å². The zero-order valence-corrected chi connectivity index (χ0v) is 15.5. The molecule has 4 heteroatoms. The number of hydrogen-bond donors (Lipinski definition) is 1. The van der Waals surface area contributed by atoms with E-state index in [0.717, 1.165) is 23.4 Å². The van der Waals surface area contributed by atoms with Crippen LogP contribution in [0.4, 0.5) is 5.69 Å². The van der Waals surface area contributed by atoms with Gasteiger partial charge in [-0.3, -0.25) is 4.79 Å². The number of carbonyl (C=O) groups is 1. The van der Waals surface area contributed by atoms with E-state index in [-0.39, 0.29) is 12.5 Å². The van der Waals surface area contributed by atoms with Gasteiger partial charge in [-0.05, 0) is 62.1 Å². The number of aryl methyl sites for hydroxylation is 2. The second-order valence-corrected chi connectivity index (χ2v) is 6.66. The molecule has 2 rings (SSSR count). The van der Waals surface area contributed by atoms with Crippen LogP contribution in [-0.4, -0.2) is 19.1 Å². The highest BCUT2D eigenvalue weighted by molar-refractivity contribution is 5.92. The summed E-state index contributed by atoms with van der Waals surface area (Å²) < 4.78 is 11.2. The molecule has 1 N–H and O–H groups in total. The molecular formula is C21H27NO3. The molecule has 0 unspecified atom stereocenters. The minimum Gasteiger partial charge on any atom is -0.494 e. The number of rotatable bonds is 8. The van der Waals surface area contributed by atoms with Crippen LogP contribution in [0.3, 0.4) is 0 Å². The predicted molar refractivity (Wildman–Crippen MR) is 101 cm³/mol. The van der Waals surface area contributed by atoms with Crippen LogP contribution >= 0.6 is 0 Å². The van der Waals surface area contributed by atoms with Crippen molar-refractivity contribution in [2.75, 3.05) is 18.5 Å². The summed E-state index contributed by atoms with van der Waals surface area (Å²) in [5.74, 6) is 1.90. The summed E-state index contributed by atoms with van der Waals surface area (Å²) in [4.78, 5) is 12.0. The Kier molecular flexibility index (Phi) is 6.87. The van der Waals surface area contributed by atoms with Crippen molar-refractivity contribution in [3.05, 3.63) is 53.6 Å². The quantitative estimate of drug-likeness (QED) is 0.754. The van der Waals surface area contributed by atoms with Crippen LogP contribution in [0.15, 0.2) is 42.5 Å². The summed E-state index contributed by atoms with van der Waals surface area (Å²) in [6, 6.07) is 13.3. The molecule has 0 aliphatic heterocycles. The molecule has 2 aromatic carbocycles. The van der Waals surface area contributed by atoms with Crippen molar-refractivity contribution in [2.45, 2.75) is 34.1 Å². The highest BCUT2D eigenvalue weighted by Crippen LogP contribution is 2.19. The first-order valence-electron chi connectivity index (χ1n) is 8.67. The lowest BCUT2D eigenvalue weighted by Gasteiger charge is -2.11. The average Bonchev–Trinajstić information content (AvgIpc) is 2.56. The van der Waals surface area contributed by atoms with Gasteiger partial charge in [0.25, 0.3) is 5.91 Å². The molecule has 0 spiro atoms. The molecule has 0 atom stereocenters. The van der Waals surface area contributed by atoms with Gasteiger partial charge in [0, 0.05) is 5.69 Å². The Morgan fingerprint density at radius 1 is 1.00 bits per heavy atom. The van der Waals surface area contributed by atoms with Crippen molar-refractivity contribution in [3.8, 4) is 11.5 Å². The summed E-state index contributed by atoms with van der Waals surface area (Å²) in [5.41, 5.74) is 3.02.